The van der Waals surface area contributed by atoms with E-state index in [2.05, 4.69) is 5.32 Å². The van der Waals surface area contributed by atoms with Gasteiger partial charge in [-0.25, -0.2) is 12.8 Å². The summed E-state index contributed by atoms with van der Waals surface area (Å²) in [7, 11) is -4.13. The number of nitrogens with one attached hydrogen (secondary N) is 1. The van der Waals surface area contributed by atoms with Crippen molar-refractivity contribution in [3.05, 3.63) is 95.3 Å². The Morgan fingerprint density at radius 2 is 1.54 bits per heavy atom. The minimum absolute atomic E-state index is 0.00984. The smallest absolute Gasteiger partial charge is 0.264 e. The summed E-state index contributed by atoms with van der Waals surface area (Å²) in [5.74, 6) is -1.39. The first-order chi connectivity index (χ1) is 18.2. The molecule has 3 aromatic rings. The summed E-state index contributed by atoms with van der Waals surface area (Å²) in [5, 5.41) is 2.88. The number of hydrogen-bond donors (Lipinski definition) is 1. The Kier molecular flexibility index (Phi) is 9.17. The van der Waals surface area contributed by atoms with Crippen LogP contribution in [-0.4, -0.2) is 43.3 Å². The highest BCUT2D eigenvalue weighted by atomic mass is 32.2. The Morgan fingerprint density at radius 3 is 2.10 bits per heavy atom. The van der Waals surface area contributed by atoms with Crippen molar-refractivity contribution in [2.75, 3.05) is 10.8 Å². The predicted molar refractivity (Wildman–Crippen MR) is 151 cm³/mol. The molecule has 1 atom stereocenters. The Bertz CT molecular complexity index is 1420. The molecule has 0 aliphatic rings. The summed E-state index contributed by atoms with van der Waals surface area (Å²) >= 11 is 0. The minimum Gasteiger partial charge on any atom is -0.350 e. The number of aryl methyl sites for hydroxylation is 2. The Morgan fingerprint density at radius 1 is 0.923 bits per heavy atom. The van der Waals surface area contributed by atoms with Crippen LogP contribution in [0.4, 0.5) is 10.1 Å². The third-order valence-corrected chi connectivity index (χ3v) is 7.90. The lowest BCUT2D eigenvalue weighted by Crippen LogP contribution is -2.54. The molecule has 0 aliphatic carbocycles. The number of carbonyl (C=O) groups excluding carboxylic acids is 2. The standard InChI is InChI=1S/C30H36FN3O4S/c1-21-10-16-27(17-11-21)39(37,38)34(26-9-7-8-22(2)18-26)20-28(35)33(19-24-12-14-25(31)15-13-24)23(3)29(36)32-30(4,5)6/h7-18,23H,19-20H2,1-6H3,(H,32,36)/t23-/m0/s1. The second kappa shape index (κ2) is 12.0. The number of carbonyl (C=O) groups is 2. The van der Waals surface area contributed by atoms with Gasteiger partial charge in [0.15, 0.2) is 0 Å². The van der Waals surface area contributed by atoms with Crippen LogP contribution < -0.4 is 9.62 Å². The second-order valence-corrected chi connectivity index (χ2v) is 12.6. The van der Waals surface area contributed by atoms with Gasteiger partial charge in [-0.1, -0.05) is 42.0 Å². The Labute approximate surface area is 230 Å². The maximum Gasteiger partial charge on any atom is 0.264 e. The van der Waals surface area contributed by atoms with E-state index in [4.69, 9.17) is 0 Å². The topological polar surface area (TPSA) is 86.8 Å². The van der Waals surface area contributed by atoms with E-state index in [1.165, 1.54) is 41.3 Å². The van der Waals surface area contributed by atoms with Crippen LogP contribution >= 0.6 is 0 Å². The van der Waals surface area contributed by atoms with Gasteiger partial charge in [0, 0.05) is 12.1 Å². The molecule has 9 heteroatoms. The van der Waals surface area contributed by atoms with Crippen LogP contribution in [0.2, 0.25) is 0 Å². The van der Waals surface area contributed by atoms with Gasteiger partial charge in [0.2, 0.25) is 11.8 Å². The van der Waals surface area contributed by atoms with Crippen molar-refractivity contribution >= 4 is 27.5 Å². The SMILES string of the molecule is Cc1ccc(S(=O)(=O)N(CC(=O)N(Cc2ccc(F)cc2)[C@@H](C)C(=O)NC(C)(C)C)c2cccc(C)c2)cc1. The van der Waals surface area contributed by atoms with Gasteiger partial charge in [0.05, 0.1) is 10.6 Å². The number of anilines is 1. The fourth-order valence-corrected chi connectivity index (χ4v) is 5.40. The maximum atomic E-state index is 13.9. The van der Waals surface area contributed by atoms with Crippen molar-refractivity contribution in [2.24, 2.45) is 0 Å². The summed E-state index contributed by atoms with van der Waals surface area (Å²) in [6, 6.07) is 18.0. The zero-order valence-corrected chi connectivity index (χ0v) is 24.0. The molecule has 7 nitrogen and oxygen atoms in total. The largest absolute Gasteiger partial charge is 0.350 e. The highest BCUT2D eigenvalue weighted by Gasteiger charge is 2.33. The van der Waals surface area contributed by atoms with Gasteiger partial charge in [0.1, 0.15) is 18.4 Å². The van der Waals surface area contributed by atoms with Crippen LogP contribution in [0.25, 0.3) is 0 Å². The van der Waals surface area contributed by atoms with E-state index in [0.717, 1.165) is 15.4 Å². The lowest BCUT2D eigenvalue weighted by molar-refractivity contribution is -0.140. The average molecular weight is 554 g/mol. The first-order valence-corrected chi connectivity index (χ1v) is 14.1. The average Bonchev–Trinajstić information content (AvgIpc) is 2.85. The summed E-state index contributed by atoms with van der Waals surface area (Å²) in [6.07, 6.45) is 0. The van der Waals surface area contributed by atoms with Crippen molar-refractivity contribution in [2.45, 2.75) is 64.6 Å². The first-order valence-electron chi connectivity index (χ1n) is 12.7. The molecular weight excluding hydrogens is 517 g/mol. The highest BCUT2D eigenvalue weighted by Crippen LogP contribution is 2.26. The number of halogens is 1. The molecule has 0 fully saturated rings. The molecule has 3 rings (SSSR count). The van der Waals surface area contributed by atoms with E-state index < -0.39 is 39.9 Å². The van der Waals surface area contributed by atoms with E-state index in [9.17, 15) is 22.4 Å². The molecule has 39 heavy (non-hydrogen) atoms. The second-order valence-electron chi connectivity index (χ2n) is 10.7. The van der Waals surface area contributed by atoms with Crippen LogP contribution in [0.5, 0.6) is 0 Å². The first kappa shape index (κ1) is 29.8. The zero-order chi connectivity index (χ0) is 29.0. The highest BCUT2D eigenvalue weighted by molar-refractivity contribution is 7.92. The number of amides is 2. The summed E-state index contributed by atoms with van der Waals surface area (Å²) in [5.41, 5.74) is 2.11. The van der Waals surface area contributed by atoms with Crippen molar-refractivity contribution in [1.82, 2.24) is 10.2 Å². The molecule has 0 aliphatic heterocycles. The molecule has 0 saturated carbocycles. The molecular formula is C30H36FN3O4S. The number of hydrogen-bond acceptors (Lipinski definition) is 4. The molecule has 0 aromatic heterocycles. The molecule has 3 aromatic carbocycles. The van der Waals surface area contributed by atoms with Crippen molar-refractivity contribution in [3.63, 3.8) is 0 Å². The van der Waals surface area contributed by atoms with Crippen LogP contribution in [-0.2, 0) is 26.2 Å². The quantitative estimate of drug-likeness (QED) is 0.405. The van der Waals surface area contributed by atoms with Crippen LogP contribution in [0.15, 0.2) is 77.7 Å². The van der Waals surface area contributed by atoms with Crippen molar-refractivity contribution in [1.29, 1.82) is 0 Å². The van der Waals surface area contributed by atoms with Gasteiger partial charge in [-0.15, -0.1) is 0 Å². The fourth-order valence-electron chi connectivity index (χ4n) is 3.99. The molecule has 0 unspecified atom stereocenters. The van der Waals surface area contributed by atoms with Crippen LogP contribution in [0, 0.1) is 19.7 Å². The number of sulfonamides is 1. The zero-order valence-electron chi connectivity index (χ0n) is 23.2. The van der Waals surface area contributed by atoms with Gasteiger partial charge in [-0.05, 0) is 89.1 Å². The van der Waals surface area contributed by atoms with Gasteiger partial charge in [-0.2, -0.15) is 0 Å². The van der Waals surface area contributed by atoms with Crippen LogP contribution in [0.1, 0.15) is 44.4 Å². The predicted octanol–water partition coefficient (Wildman–Crippen LogP) is 4.97. The van der Waals surface area contributed by atoms with E-state index >= 15 is 0 Å². The molecule has 208 valence electrons. The fraction of sp³-hybridized carbons (Fsp3) is 0.333. The van der Waals surface area contributed by atoms with E-state index in [1.54, 1.807) is 37.3 Å². The molecule has 0 heterocycles. The van der Waals surface area contributed by atoms with Crippen LogP contribution in [0.3, 0.4) is 0 Å². The van der Waals surface area contributed by atoms with Gasteiger partial charge in [-0.3, -0.25) is 13.9 Å². The van der Waals surface area contributed by atoms with E-state index in [1.807, 2.05) is 40.7 Å². The Hall–Kier alpha value is -3.72. The number of benzene rings is 3. The van der Waals surface area contributed by atoms with Gasteiger partial charge < -0.3 is 10.2 Å². The van der Waals surface area contributed by atoms with Crippen molar-refractivity contribution in [3.8, 4) is 0 Å². The number of nitrogens with zero attached hydrogens (tertiary/aromatic N) is 2. The summed E-state index contributed by atoms with van der Waals surface area (Å²) < 4.78 is 42.3. The van der Waals surface area contributed by atoms with Crippen molar-refractivity contribution < 1.29 is 22.4 Å². The minimum atomic E-state index is -4.13. The molecule has 0 bridgehead atoms. The molecule has 1 N–H and O–H groups in total. The molecule has 0 saturated heterocycles. The third-order valence-electron chi connectivity index (χ3n) is 6.11. The third kappa shape index (κ3) is 7.89. The maximum absolute atomic E-state index is 13.9. The summed E-state index contributed by atoms with van der Waals surface area (Å²) in [4.78, 5) is 28.4. The lowest BCUT2D eigenvalue weighted by atomic mass is 10.1. The monoisotopic (exact) mass is 553 g/mol. The molecule has 0 radical (unpaired) electrons. The van der Waals surface area contributed by atoms with E-state index in [-0.39, 0.29) is 17.3 Å². The lowest BCUT2D eigenvalue weighted by Gasteiger charge is -2.33. The van der Waals surface area contributed by atoms with E-state index in [0.29, 0.717) is 11.3 Å². The van der Waals surface area contributed by atoms with Gasteiger partial charge in [0.25, 0.3) is 10.0 Å². The summed E-state index contributed by atoms with van der Waals surface area (Å²) in [6.45, 7) is 10.2. The molecule has 0 spiro atoms. The molecule has 2 amide bonds. The Balaban J connectivity index is 2.03. The number of rotatable bonds is 9. The normalized spacial score (nSPS) is 12.5. The van der Waals surface area contributed by atoms with Gasteiger partial charge >= 0.3 is 0 Å².